The lowest BCUT2D eigenvalue weighted by Gasteiger charge is -2.72. The normalized spacial score (nSPS) is 45.9. The van der Waals surface area contributed by atoms with Gasteiger partial charge in [0.05, 0.1) is 37.8 Å². The lowest BCUT2D eigenvalue weighted by molar-refractivity contribution is -0.357. The zero-order valence-corrected chi connectivity index (χ0v) is 44.6. The van der Waals surface area contributed by atoms with Crippen LogP contribution in [0.4, 0.5) is 0 Å². The maximum absolute atomic E-state index is 14.0. The minimum absolute atomic E-state index is 0.0623. The minimum atomic E-state index is -1.80. The zero-order chi connectivity index (χ0) is 53.4. The number of methoxy groups -OCH3 is 1. The van der Waals surface area contributed by atoms with Gasteiger partial charge >= 0.3 is 23.9 Å². The quantitative estimate of drug-likeness (QED) is 0.0526. The summed E-state index contributed by atoms with van der Waals surface area (Å²) in [6, 6.07) is 0. The van der Waals surface area contributed by atoms with E-state index in [0.29, 0.717) is 44.1 Å². The Morgan fingerprint density at radius 2 is 1.50 bits per heavy atom. The molecule has 0 radical (unpaired) electrons. The molecule has 7 rings (SSSR count). The van der Waals surface area contributed by atoms with E-state index < -0.39 is 150 Å². The first-order valence-corrected chi connectivity index (χ1v) is 26.1. The van der Waals surface area contributed by atoms with Crippen LogP contribution in [0.2, 0.25) is 0 Å². The maximum atomic E-state index is 14.0. The number of carbonyl (C=O) groups excluding carboxylic acids is 4. The third kappa shape index (κ3) is 9.10. The van der Waals surface area contributed by atoms with Crippen LogP contribution >= 0.6 is 0 Å². The first-order valence-electron chi connectivity index (χ1n) is 26.1. The van der Waals surface area contributed by atoms with Crippen molar-refractivity contribution in [3.8, 4) is 0 Å². The van der Waals surface area contributed by atoms with Crippen LogP contribution in [0.25, 0.3) is 0 Å². The van der Waals surface area contributed by atoms with Gasteiger partial charge in [0.15, 0.2) is 24.8 Å². The van der Waals surface area contributed by atoms with Crippen molar-refractivity contribution in [1.82, 2.24) is 0 Å². The molecule has 0 aromatic heterocycles. The van der Waals surface area contributed by atoms with Crippen molar-refractivity contribution in [1.29, 1.82) is 0 Å². The summed E-state index contributed by atoms with van der Waals surface area (Å²) in [5, 5.41) is 66.1. The van der Waals surface area contributed by atoms with Gasteiger partial charge in [-0.3, -0.25) is 9.59 Å². The lowest BCUT2D eigenvalue weighted by atomic mass is 9.33. The van der Waals surface area contributed by atoms with Gasteiger partial charge < -0.3 is 68.5 Å². The first kappa shape index (κ1) is 56.7. The second-order valence-corrected chi connectivity index (χ2v) is 24.3. The van der Waals surface area contributed by atoms with Crippen LogP contribution in [0.1, 0.15) is 134 Å². The second-order valence-electron chi connectivity index (χ2n) is 24.3. The molecule has 0 spiro atoms. The summed E-state index contributed by atoms with van der Waals surface area (Å²) in [6.45, 7) is 22.8. The number of aliphatic hydroxyl groups is 6. The fourth-order valence-electron chi connectivity index (χ4n) is 15.1. The summed E-state index contributed by atoms with van der Waals surface area (Å²) in [7, 11) is 1.12. The highest BCUT2D eigenvalue weighted by Crippen LogP contribution is 2.76. The van der Waals surface area contributed by atoms with Crippen LogP contribution < -0.4 is 0 Å². The third-order valence-electron chi connectivity index (χ3n) is 19.8. The molecule has 0 aromatic carbocycles. The van der Waals surface area contributed by atoms with Gasteiger partial charge in [-0.1, -0.05) is 80.0 Å². The van der Waals surface area contributed by atoms with Gasteiger partial charge in [0.1, 0.15) is 48.8 Å². The lowest BCUT2D eigenvalue weighted by Crippen LogP contribution is -2.73. The number of rotatable bonds is 12. The molecule has 408 valence electrons. The molecule has 72 heavy (non-hydrogen) atoms. The highest BCUT2D eigenvalue weighted by atomic mass is 16.7. The Morgan fingerprint density at radius 1 is 0.819 bits per heavy atom. The molecule has 21 atom stereocenters. The SMILES string of the molecule is C/C=C(/C)C(=O)O[C@H]1[C@H](OC(=O)C(C)CC)[C@]2(CO)[C@H](OC(C)=O)C[C@]3(C)C(=CCC4[C@@]5(C)CCC(OC6OC(C(=O)OC)C(O)C(OC7OCC(O)C(O)C7O)C6O)C(C)(C)C5CC[C@]43C)[C@@H]2CC1(C)C. The molecule has 0 aromatic rings. The summed E-state index contributed by atoms with van der Waals surface area (Å²) in [5.74, 6) is -3.30. The predicted molar refractivity (Wildman–Crippen MR) is 257 cm³/mol. The van der Waals surface area contributed by atoms with Gasteiger partial charge in [0.25, 0.3) is 0 Å². The molecule has 2 saturated heterocycles. The minimum Gasteiger partial charge on any atom is -0.467 e. The van der Waals surface area contributed by atoms with E-state index >= 15 is 0 Å². The number of hydrogen-bond acceptors (Lipinski definition) is 18. The number of hydrogen-bond donors (Lipinski definition) is 6. The van der Waals surface area contributed by atoms with E-state index in [2.05, 4.69) is 40.7 Å². The molecule has 7 aliphatic rings. The van der Waals surface area contributed by atoms with Crippen molar-refractivity contribution < 1.29 is 87.7 Å². The average Bonchev–Trinajstić information content (AvgIpc) is 3.31. The second kappa shape index (κ2) is 20.5. The Morgan fingerprint density at radius 3 is 2.11 bits per heavy atom. The molecule has 2 heterocycles. The van der Waals surface area contributed by atoms with Crippen molar-refractivity contribution in [3.05, 3.63) is 23.3 Å². The first-order chi connectivity index (χ1) is 33.6. The van der Waals surface area contributed by atoms with Gasteiger partial charge in [-0.2, -0.15) is 0 Å². The van der Waals surface area contributed by atoms with Crippen molar-refractivity contribution >= 4 is 23.9 Å². The smallest absolute Gasteiger partial charge is 0.337 e. The number of fused-ring (bicyclic) bond motifs is 7. The molecule has 13 unspecified atom stereocenters. The zero-order valence-electron chi connectivity index (χ0n) is 44.6. The van der Waals surface area contributed by atoms with E-state index in [4.69, 9.17) is 37.9 Å². The molecular weight excluding hydrogens is 937 g/mol. The molecule has 4 saturated carbocycles. The molecule has 18 nitrogen and oxygen atoms in total. The standard InChI is InChI=1S/C54H84O18/c1-14-26(3)44(62)71-42-43(72-45(63)27(4)15-2)54(25-55)30(22-49(42,6)7)29-16-17-33-51(10)20-19-34(50(8,9)32(51)18-21-52(33,11)53(29,12)23-35(54)67-28(5)56)68-48-39(61)40(38(60)41(70-48)46(64)65-13)69-47-37(59)36(58)31(57)24-66-47/h14,16,27,30-43,47-48,55,57-61H,15,17-25H2,1-13H3/b26-14-/t27?,30-,31?,32?,33?,34?,35+,36?,37?,38?,39?,40?,41?,42-,43-,47?,48?,51-,52+,53+,54-/m0/s1. The topological polar surface area (TPSA) is 263 Å². The summed E-state index contributed by atoms with van der Waals surface area (Å²) >= 11 is 0. The highest BCUT2D eigenvalue weighted by molar-refractivity contribution is 5.88. The monoisotopic (exact) mass is 1020 g/mol. The van der Waals surface area contributed by atoms with Crippen molar-refractivity contribution in [2.45, 2.75) is 214 Å². The number of aliphatic hydroxyl groups excluding tert-OH is 6. The van der Waals surface area contributed by atoms with Crippen LogP contribution in [0.3, 0.4) is 0 Å². The number of esters is 4. The predicted octanol–water partition coefficient (Wildman–Crippen LogP) is 4.21. The summed E-state index contributed by atoms with van der Waals surface area (Å²) in [5.41, 5.74) is -2.43. The highest BCUT2D eigenvalue weighted by Gasteiger charge is 2.75. The molecule has 18 heteroatoms. The van der Waals surface area contributed by atoms with E-state index in [9.17, 15) is 49.8 Å². The van der Waals surface area contributed by atoms with E-state index in [1.54, 1.807) is 26.8 Å². The Bertz CT molecular complexity index is 2100. The van der Waals surface area contributed by atoms with Crippen molar-refractivity contribution in [3.63, 3.8) is 0 Å². The largest absolute Gasteiger partial charge is 0.467 e. The van der Waals surface area contributed by atoms with Crippen molar-refractivity contribution in [2.24, 2.45) is 56.2 Å². The van der Waals surface area contributed by atoms with Crippen LogP contribution in [0.15, 0.2) is 23.3 Å². The molecule has 2 aliphatic heterocycles. The van der Waals surface area contributed by atoms with Crippen LogP contribution in [-0.4, -0.2) is 155 Å². The Balaban J connectivity index is 1.22. The summed E-state index contributed by atoms with van der Waals surface area (Å²) in [6.07, 6.45) is -9.51. The third-order valence-corrected chi connectivity index (χ3v) is 19.8. The van der Waals surface area contributed by atoms with E-state index in [-0.39, 0.29) is 22.7 Å². The van der Waals surface area contributed by atoms with Gasteiger partial charge in [-0.25, -0.2) is 9.59 Å². The number of carbonyl (C=O) groups is 4. The van der Waals surface area contributed by atoms with Crippen LogP contribution in [0.5, 0.6) is 0 Å². The van der Waals surface area contributed by atoms with Gasteiger partial charge in [-0.15, -0.1) is 0 Å². The maximum Gasteiger partial charge on any atom is 0.337 e. The van der Waals surface area contributed by atoms with Gasteiger partial charge in [0, 0.05) is 17.9 Å². The Kier molecular flexibility index (Phi) is 16.1. The molecule has 5 aliphatic carbocycles. The summed E-state index contributed by atoms with van der Waals surface area (Å²) < 4.78 is 48.3. The molecule has 0 amide bonds. The van der Waals surface area contributed by atoms with E-state index in [0.717, 1.165) is 25.5 Å². The average molecular weight is 1020 g/mol. The number of ether oxygens (including phenoxy) is 8. The summed E-state index contributed by atoms with van der Waals surface area (Å²) in [4.78, 5) is 54.1. The Labute approximate surface area is 424 Å². The molecule has 6 N–H and O–H groups in total. The Hall–Kier alpha value is -3.04. The van der Waals surface area contributed by atoms with Crippen LogP contribution in [-0.2, 0) is 57.1 Å². The van der Waals surface area contributed by atoms with Gasteiger partial charge in [-0.05, 0) is 105 Å². The van der Waals surface area contributed by atoms with Crippen molar-refractivity contribution in [2.75, 3.05) is 20.3 Å². The van der Waals surface area contributed by atoms with Crippen LogP contribution in [0, 0.1) is 56.2 Å². The fourth-order valence-corrected chi connectivity index (χ4v) is 15.1. The van der Waals surface area contributed by atoms with Gasteiger partial charge in [0.2, 0.25) is 0 Å². The molecule has 0 bridgehead atoms. The fraction of sp³-hybridized carbons (Fsp3) is 0.852. The number of allylic oxidation sites excluding steroid dienone is 3. The molecule has 6 fully saturated rings. The molecular formula is C54H84O18. The van der Waals surface area contributed by atoms with E-state index in [1.165, 1.54) is 6.92 Å². The van der Waals surface area contributed by atoms with E-state index in [1.807, 2.05) is 20.8 Å².